The topological polar surface area (TPSA) is 86.6 Å². The van der Waals surface area contributed by atoms with Crippen molar-refractivity contribution in [2.45, 2.75) is 37.9 Å². The predicted molar refractivity (Wildman–Crippen MR) is 113 cm³/mol. The van der Waals surface area contributed by atoms with Gasteiger partial charge in [-0.1, -0.05) is 24.4 Å². The lowest BCUT2D eigenvalue weighted by Gasteiger charge is -2.37. The number of pyridine rings is 1. The number of alkyl halides is 3. The van der Waals surface area contributed by atoms with Crippen molar-refractivity contribution in [2.75, 3.05) is 19.6 Å². The number of amides is 2. The standard InChI is InChI=1S/C21H20ClF3N6O2/c22-18-17(20(33)29-5-6-30(16(32)11-29)14-3-1-2-4-14)28-19-15(21(23,24)25)7-12(10-31(18)19)13-8-26-27-9-13/h7-10,14H,1-6,11H2,(H,26,27). The van der Waals surface area contributed by atoms with E-state index in [0.29, 0.717) is 12.1 Å². The van der Waals surface area contributed by atoms with Gasteiger partial charge in [0.15, 0.2) is 11.3 Å². The number of imidazole rings is 1. The molecule has 2 amide bonds. The molecule has 3 aromatic heterocycles. The molecule has 2 fully saturated rings. The number of nitrogens with zero attached hydrogens (tertiary/aromatic N) is 5. The highest BCUT2D eigenvalue weighted by Crippen LogP contribution is 2.37. The third-order valence-corrected chi connectivity index (χ3v) is 6.67. The lowest BCUT2D eigenvalue weighted by Crippen LogP contribution is -2.55. The van der Waals surface area contributed by atoms with Gasteiger partial charge in [0.1, 0.15) is 11.7 Å². The molecule has 1 N–H and O–H groups in total. The molecule has 1 saturated heterocycles. The number of hydrogen-bond donors (Lipinski definition) is 1. The monoisotopic (exact) mass is 480 g/mol. The van der Waals surface area contributed by atoms with E-state index in [1.165, 1.54) is 23.5 Å². The minimum absolute atomic E-state index is 0.147. The number of piperazine rings is 1. The van der Waals surface area contributed by atoms with Crippen LogP contribution >= 0.6 is 11.6 Å². The SMILES string of the molecule is O=C(c1nc2c(C(F)(F)F)cc(-c3cn[nH]c3)cn2c1Cl)N1CCN(C2CCCC2)C(=O)C1. The van der Waals surface area contributed by atoms with Crippen LogP contribution < -0.4 is 0 Å². The van der Waals surface area contributed by atoms with Gasteiger partial charge >= 0.3 is 6.18 Å². The Bertz CT molecular complexity index is 1220. The number of carbonyl (C=O) groups excluding carboxylic acids is 2. The van der Waals surface area contributed by atoms with E-state index in [-0.39, 0.29) is 41.4 Å². The number of carbonyl (C=O) groups is 2. The lowest BCUT2D eigenvalue weighted by molar-refractivity contribution is -0.137. The fourth-order valence-electron chi connectivity index (χ4n) is 4.64. The molecule has 4 heterocycles. The van der Waals surface area contributed by atoms with Gasteiger partial charge in [-0.2, -0.15) is 18.3 Å². The van der Waals surface area contributed by atoms with Gasteiger partial charge in [-0.15, -0.1) is 0 Å². The normalized spacial score (nSPS) is 18.0. The molecule has 0 radical (unpaired) electrons. The Morgan fingerprint density at radius 3 is 2.58 bits per heavy atom. The van der Waals surface area contributed by atoms with E-state index in [1.54, 1.807) is 4.90 Å². The number of aromatic nitrogens is 4. The summed E-state index contributed by atoms with van der Waals surface area (Å²) in [7, 11) is 0. The molecule has 0 spiro atoms. The van der Waals surface area contributed by atoms with Crippen molar-refractivity contribution in [2.24, 2.45) is 0 Å². The van der Waals surface area contributed by atoms with Gasteiger partial charge in [0.05, 0.1) is 11.8 Å². The van der Waals surface area contributed by atoms with Gasteiger partial charge in [-0.3, -0.25) is 19.1 Å². The van der Waals surface area contributed by atoms with E-state index in [4.69, 9.17) is 11.6 Å². The van der Waals surface area contributed by atoms with Crippen molar-refractivity contribution in [1.29, 1.82) is 0 Å². The number of halogens is 4. The van der Waals surface area contributed by atoms with Crippen LogP contribution in [0.4, 0.5) is 13.2 Å². The molecular formula is C21H20ClF3N6O2. The second-order valence-electron chi connectivity index (χ2n) is 8.32. The largest absolute Gasteiger partial charge is 0.420 e. The molecule has 0 atom stereocenters. The predicted octanol–water partition coefficient (Wildman–Crippen LogP) is 3.62. The highest BCUT2D eigenvalue weighted by atomic mass is 35.5. The Labute approximate surface area is 191 Å². The Hall–Kier alpha value is -3.08. The summed E-state index contributed by atoms with van der Waals surface area (Å²) >= 11 is 6.36. The number of nitrogens with one attached hydrogen (secondary N) is 1. The quantitative estimate of drug-likeness (QED) is 0.620. The maximum Gasteiger partial charge on any atom is 0.420 e. The number of aromatic amines is 1. The fourth-order valence-corrected chi connectivity index (χ4v) is 4.89. The molecule has 0 bridgehead atoms. The average Bonchev–Trinajstić information content (AvgIpc) is 3.54. The summed E-state index contributed by atoms with van der Waals surface area (Å²) in [6.45, 7) is 0.516. The van der Waals surface area contributed by atoms with Crippen LogP contribution in [0.3, 0.4) is 0 Å². The second-order valence-corrected chi connectivity index (χ2v) is 8.68. The van der Waals surface area contributed by atoms with Gasteiger partial charge in [0, 0.05) is 42.7 Å². The van der Waals surface area contributed by atoms with E-state index >= 15 is 0 Å². The molecular weight excluding hydrogens is 461 g/mol. The Morgan fingerprint density at radius 2 is 1.94 bits per heavy atom. The molecule has 3 aromatic rings. The van der Waals surface area contributed by atoms with Crippen molar-refractivity contribution >= 4 is 29.1 Å². The van der Waals surface area contributed by atoms with Crippen LogP contribution in [0.1, 0.15) is 41.7 Å². The summed E-state index contributed by atoms with van der Waals surface area (Å²) in [6.07, 6.45) is 3.56. The average molecular weight is 481 g/mol. The van der Waals surface area contributed by atoms with Crippen LogP contribution in [0.5, 0.6) is 0 Å². The summed E-state index contributed by atoms with van der Waals surface area (Å²) in [5.41, 5.74) is -1.17. The Kier molecular flexibility index (Phi) is 5.31. The van der Waals surface area contributed by atoms with Crippen LogP contribution in [0.2, 0.25) is 5.15 Å². The lowest BCUT2D eigenvalue weighted by atomic mass is 10.1. The summed E-state index contributed by atoms with van der Waals surface area (Å²) < 4.78 is 42.5. The zero-order valence-electron chi connectivity index (χ0n) is 17.4. The van der Waals surface area contributed by atoms with Crippen LogP contribution in [-0.4, -0.2) is 66.9 Å². The molecule has 0 unspecified atom stereocenters. The van der Waals surface area contributed by atoms with E-state index in [0.717, 1.165) is 36.2 Å². The fraction of sp³-hybridized carbons (Fsp3) is 0.429. The minimum atomic E-state index is -4.72. The molecule has 1 aliphatic carbocycles. The first-order valence-electron chi connectivity index (χ1n) is 10.6. The maximum atomic E-state index is 13.8. The molecule has 5 rings (SSSR count). The summed E-state index contributed by atoms with van der Waals surface area (Å²) in [6, 6.07) is 1.14. The minimum Gasteiger partial charge on any atom is -0.336 e. The van der Waals surface area contributed by atoms with Crippen LogP contribution in [0.25, 0.3) is 16.8 Å². The molecule has 174 valence electrons. The van der Waals surface area contributed by atoms with Crippen molar-refractivity contribution in [3.05, 3.63) is 41.1 Å². The van der Waals surface area contributed by atoms with Gasteiger partial charge in [0.25, 0.3) is 5.91 Å². The first kappa shape index (κ1) is 21.7. The van der Waals surface area contributed by atoms with Gasteiger partial charge in [-0.05, 0) is 18.9 Å². The summed E-state index contributed by atoms with van der Waals surface area (Å²) in [4.78, 5) is 32.9. The molecule has 0 aromatic carbocycles. The number of hydrogen-bond acceptors (Lipinski definition) is 4. The molecule has 2 aliphatic rings. The zero-order chi connectivity index (χ0) is 23.3. The van der Waals surface area contributed by atoms with E-state index in [1.807, 2.05) is 0 Å². The molecule has 1 aliphatic heterocycles. The van der Waals surface area contributed by atoms with Crippen molar-refractivity contribution in [1.82, 2.24) is 29.4 Å². The molecule has 1 saturated carbocycles. The first-order valence-corrected chi connectivity index (χ1v) is 11.0. The van der Waals surface area contributed by atoms with Crippen LogP contribution in [-0.2, 0) is 11.0 Å². The van der Waals surface area contributed by atoms with Crippen molar-refractivity contribution in [3.63, 3.8) is 0 Å². The maximum absolute atomic E-state index is 13.8. The molecule has 33 heavy (non-hydrogen) atoms. The molecule has 12 heteroatoms. The third kappa shape index (κ3) is 3.84. The van der Waals surface area contributed by atoms with Crippen molar-refractivity contribution < 1.29 is 22.8 Å². The number of rotatable bonds is 3. The van der Waals surface area contributed by atoms with Gasteiger partial charge in [0.2, 0.25) is 5.91 Å². The Morgan fingerprint density at radius 1 is 1.18 bits per heavy atom. The van der Waals surface area contributed by atoms with Crippen molar-refractivity contribution in [3.8, 4) is 11.1 Å². The number of H-pyrrole nitrogens is 1. The van der Waals surface area contributed by atoms with Crippen LogP contribution in [0, 0.1) is 0 Å². The van der Waals surface area contributed by atoms with E-state index in [2.05, 4.69) is 15.2 Å². The van der Waals surface area contributed by atoms with Gasteiger partial charge < -0.3 is 9.80 Å². The smallest absolute Gasteiger partial charge is 0.336 e. The second kappa shape index (κ2) is 8.05. The zero-order valence-corrected chi connectivity index (χ0v) is 18.2. The number of fused-ring (bicyclic) bond motifs is 1. The van der Waals surface area contributed by atoms with E-state index in [9.17, 15) is 22.8 Å². The van der Waals surface area contributed by atoms with E-state index < -0.39 is 23.3 Å². The van der Waals surface area contributed by atoms with Crippen LogP contribution in [0.15, 0.2) is 24.7 Å². The highest BCUT2D eigenvalue weighted by molar-refractivity contribution is 6.33. The van der Waals surface area contributed by atoms with Gasteiger partial charge in [-0.25, -0.2) is 4.98 Å². The first-order chi connectivity index (χ1) is 15.7. The highest BCUT2D eigenvalue weighted by Gasteiger charge is 2.38. The summed E-state index contributed by atoms with van der Waals surface area (Å²) in [5.74, 6) is -0.833. The summed E-state index contributed by atoms with van der Waals surface area (Å²) in [5, 5.41) is 6.09. The third-order valence-electron chi connectivity index (χ3n) is 6.31. The molecule has 8 nitrogen and oxygen atoms in total. The Balaban J connectivity index is 1.49.